The zero-order valence-corrected chi connectivity index (χ0v) is 11.2. The average molecular weight is 264 g/mol. The SMILES string of the molecule is Cn1ccc(C(=O)NCCC2CCCCO2)cc1=O. The first-order chi connectivity index (χ1) is 9.16. The number of aryl methyl sites for hydroxylation is 1. The van der Waals surface area contributed by atoms with Crippen LogP contribution in [0.4, 0.5) is 0 Å². The molecule has 2 heterocycles. The molecule has 0 aromatic carbocycles. The number of pyridine rings is 1. The number of ether oxygens (including phenoxy) is 1. The highest BCUT2D eigenvalue weighted by Gasteiger charge is 2.14. The Labute approximate surface area is 112 Å². The summed E-state index contributed by atoms with van der Waals surface area (Å²) in [6, 6.07) is 3.00. The van der Waals surface area contributed by atoms with Crippen molar-refractivity contribution < 1.29 is 9.53 Å². The lowest BCUT2D eigenvalue weighted by Crippen LogP contribution is -2.30. The molecule has 19 heavy (non-hydrogen) atoms. The second kappa shape index (κ2) is 6.52. The van der Waals surface area contributed by atoms with Crippen molar-refractivity contribution in [2.75, 3.05) is 13.2 Å². The van der Waals surface area contributed by atoms with Crippen LogP contribution in [0.5, 0.6) is 0 Å². The van der Waals surface area contributed by atoms with E-state index in [2.05, 4.69) is 5.32 Å². The average Bonchev–Trinajstić information content (AvgIpc) is 2.43. The Bertz CT molecular complexity index is 490. The number of hydrogen-bond acceptors (Lipinski definition) is 3. The van der Waals surface area contributed by atoms with Gasteiger partial charge in [-0.25, -0.2) is 0 Å². The molecule has 2 rings (SSSR count). The number of hydrogen-bond donors (Lipinski definition) is 1. The van der Waals surface area contributed by atoms with Crippen molar-refractivity contribution in [3.8, 4) is 0 Å². The Kier molecular flexibility index (Phi) is 4.74. The first kappa shape index (κ1) is 13.8. The van der Waals surface area contributed by atoms with Gasteiger partial charge in [0, 0.05) is 38.0 Å². The van der Waals surface area contributed by atoms with Crippen LogP contribution in [0.3, 0.4) is 0 Å². The Morgan fingerprint density at radius 1 is 1.53 bits per heavy atom. The molecule has 1 saturated heterocycles. The van der Waals surface area contributed by atoms with Gasteiger partial charge in [-0.1, -0.05) is 0 Å². The Balaban J connectivity index is 1.80. The van der Waals surface area contributed by atoms with Gasteiger partial charge in [0.2, 0.25) is 0 Å². The van der Waals surface area contributed by atoms with E-state index in [4.69, 9.17) is 4.74 Å². The van der Waals surface area contributed by atoms with Crippen LogP contribution in [0.2, 0.25) is 0 Å². The molecule has 1 aromatic heterocycles. The zero-order chi connectivity index (χ0) is 13.7. The van der Waals surface area contributed by atoms with Crippen LogP contribution >= 0.6 is 0 Å². The highest BCUT2D eigenvalue weighted by Crippen LogP contribution is 2.14. The Morgan fingerprint density at radius 3 is 3.05 bits per heavy atom. The van der Waals surface area contributed by atoms with Crippen LogP contribution in [0.15, 0.2) is 23.1 Å². The molecule has 1 aliphatic rings. The van der Waals surface area contributed by atoms with E-state index in [9.17, 15) is 9.59 Å². The fourth-order valence-electron chi connectivity index (χ4n) is 2.17. The molecule has 1 aliphatic heterocycles. The third-order valence-electron chi connectivity index (χ3n) is 3.39. The molecule has 1 unspecified atom stereocenters. The van der Waals surface area contributed by atoms with Crippen LogP contribution in [0, 0.1) is 0 Å². The molecule has 0 bridgehead atoms. The highest BCUT2D eigenvalue weighted by atomic mass is 16.5. The van der Waals surface area contributed by atoms with Gasteiger partial charge in [0.25, 0.3) is 11.5 Å². The van der Waals surface area contributed by atoms with Gasteiger partial charge in [-0.2, -0.15) is 0 Å². The van der Waals surface area contributed by atoms with Gasteiger partial charge in [-0.05, 0) is 31.7 Å². The van der Waals surface area contributed by atoms with Crippen molar-refractivity contribution in [2.45, 2.75) is 31.8 Å². The first-order valence-electron chi connectivity index (χ1n) is 6.73. The topological polar surface area (TPSA) is 60.3 Å². The minimum Gasteiger partial charge on any atom is -0.378 e. The van der Waals surface area contributed by atoms with Crippen molar-refractivity contribution in [3.05, 3.63) is 34.2 Å². The number of carbonyl (C=O) groups excluding carboxylic acids is 1. The van der Waals surface area contributed by atoms with Crippen LogP contribution in [0.25, 0.3) is 0 Å². The summed E-state index contributed by atoms with van der Waals surface area (Å²) in [6.45, 7) is 1.41. The number of aromatic nitrogens is 1. The molecule has 0 radical (unpaired) electrons. The van der Waals surface area contributed by atoms with Crippen LogP contribution in [-0.4, -0.2) is 29.7 Å². The Morgan fingerprint density at radius 2 is 2.37 bits per heavy atom. The van der Waals surface area contributed by atoms with Crippen molar-refractivity contribution >= 4 is 5.91 Å². The molecule has 0 spiro atoms. The van der Waals surface area contributed by atoms with E-state index in [1.54, 1.807) is 19.3 Å². The monoisotopic (exact) mass is 264 g/mol. The first-order valence-corrected chi connectivity index (χ1v) is 6.73. The van der Waals surface area contributed by atoms with Crippen LogP contribution in [-0.2, 0) is 11.8 Å². The fourth-order valence-corrected chi connectivity index (χ4v) is 2.17. The second-order valence-corrected chi connectivity index (χ2v) is 4.90. The van der Waals surface area contributed by atoms with Gasteiger partial charge in [0.05, 0.1) is 6.10 Å². The summed E-state index contributed by atoms with van der Waals surface area (Å²) in [4.78, 5) is 23.3. The lowest BCUT2D eigenvalue weighted by molar-refractivity contribution is 0.0117. The Hall–Kier alpha value is -1.62. The highest BCUT2D eigenvalue weighted by molar-refractivity contribution is 5.93. The molecule has 0 aliphatic carbocycles. The lowest BCUT2D eigenvalue weighted by Gasteiger charge is -2.22. The molecule has 104 valence electrons. The second-order valence-electron chi connectivity index (χ2n) is 4.90. The number of rotatable bonds is 4. The molecular weight excluding hydrogens is 244 g/mol. The number of amides is 1. The number of carbonyl (C=O) groups is 1. The van der Waals surface area contributed by atoms with Gasteiger partial charge < -0.3 is 14.6 Å². The summed E-state index contributed by atoms with van der Waals surface area (Å²) in [5, 5.41) is 2.83. The molecule has 5 heteroatoms. The molecular formula is C14H20N2O3. The zero-order valence-electron chi connectivity index (χ0n) is 11.2. The molecule has 5 nitrogen and oxygen atoms in total. The quantitative estimate of drug-likeness (QED) is 0.885. The molecule has 1 fully saturated rings. The van der Waals surface area contributed by atoms with Gasteiger partial charge in [-0.3, -0.25) is 9.59 Å². The van der Waals surface area contributed by atoms with Gasteiger partial charge >= 0.3 is 0 Å². The van der Waals surface area contributed by atoms with E-state index in [-0.39, 0.29) is 17.6 Å². The maximum Gasteiger partial charge on any atom is 0.251 e. The molecule has 1 N–H and O–H groups in total. The summed E-state index contributed by atoms with van der Waals surface area (Å²) in [5.41, 5.74) is 0.232. The third kappa shape index (κ3) is 3.92. The summed E-state index contributed by atoms with van der Waals surface area (Å²) in [5.74, 6) is -0.200. The minimum atomic E-state index is -0.200. The predicted molar refractivity (Wildman–Crippen MR) is 72.2 cm³/mol. The predicted octanol–water partition coefficient (Wildman–Crippen LogP) is 1.07. The largest absolute Gasteiger partial charge is 0.378 e. The van der Waals surface area contributed by atoms with Crippen molar-refractivity contribution in [1.82, 2.24) is 9.88 Å². The van der Waals surface area contributed by atoms with E-state index in [1.807, 2.05) is 0 Å². The maximum atomic E-state index is 11.8. The lowest BCUT2D eigenvalue weighted by atomic mass is 10.1. The van der Waals surface area contributed by atoms with E-state index in [0.29, 0.717) is 12.1 Å². The number of nitrogens with one attached hydrogen (secondary N) is 1. The fraction of sp³-hybridized carbons (Fsp3) is 0.571. The summed E-state index contributed by atoms with van der Waals surface area (Å²) in [7, 11) is 1.66. The van der Waals surface area contributed by atoms with E-state index >= 15 is 0 Å². The summed E-state index contributed by atoms with van der Waals surface area (Å²) >= 11 is 0. The third-order valence-corrected chi connectivity index (χ3v) is 3.39. The number of nitrogens with zero attached hydrogens (tertiary/aromatic N) is 1. The van der Waals surface area contributed by atoms with E-state index in [1.165, 1.54) is 17.1 Å². The summed E-state index contributed by atoms with van der Waals surface area (Å²) in [6.07, 6.45) is 6.10. The van der Waals surface area contributed by atoms with Gasteiger partial charge in [0.15, 0.2) is 0 Å². The smallest absolute Gasteiger partial charge is 0.251 e. The van der Waals surface area contributed by atoms with Crippen molar-refractivity contribution in [1.29, 1.82) is 0 Å². The van der Waals surface area contributed by atoms with Crippen LogP contribution < -0.4 is 10.9 Å². The van der Waals surface area contributed by atoms with Crippen LogP contribution in [0.1, 0.15) is 36.0 Å². The van der Waals surface area contributed by atoms with Crippen molar-refractivity contribution in [2.24, 2.45) is 7.05 Å². The van der Waals surface area contributed by atoms with Gasteiger partial charge in [-0.15, -0.1) is 0 Å². The normalized spacial score (nSPS) is 19.1. The van der Waals surface area contributed by atoms with Crippen molar-refractivity contribution in [3.63, 3.8) is 0 Å². The minimum absolute atomic E-state index is 0.178. The molecule has 0 saturated carbocycles. The molecule has 1 amide bonds. The van der Waals surface area contributed by atoms with E-state index < -0.39 is 0 Å². The van der Waals surface area contributed by atoms with E-state index in [0.717, 1.165) is 25.9 Å². The summed E-state index contributed by atoms with van der Waals surface area (Å²) < 4.78 is 7.03. The molecule has 1 aromatic rings. The van der Waals surface area contributed by atoms with Gasteiger partial charge in [0.1, 0.15) is 0 Å². The standard InChI is InChI=1S/C14H20N2O3/c1-16-8-6-11(10-13(16)17)14(18)15-7-5-12-4-2-3-9-19-12/h6,8,10,12H,2-5,7,9H2,1H3,(H,15,18). The maximum absolute atomic E-state index is 11.8. The molecule has 1 atom stereocenters.